The number of halogens is 1. The summed E-state index contributed by atoms with van der Waals surface area (Å²) in [7, 11) is 0. The number of benzene rings is 1. The molecule has 1 aromatic carbocycles. The molecule has 0 saturated carbocycles. The first kappa shape index (κ1) is 16.1. The molecule has 0 aromatic heterocycles. The Balaban J connectivity index is 2.92. The summed E-state index contributed by atoms with van der Waals surface area (Å²) in [4.78, 5) is 23.2. The summed E-state index contributed by atoms with van der Waals surface area (Å²) >= 11 is 0. The lowest BCUT2D eigenvalue weighted by molar-refractivity contribution is -0.139. The standard InChI is InChI=1S/C15H20FNO3/c1-8(2)5-12(15(19)20)17-14(18)11-6-9(3)13(16)10(4)7-11/h6-8,12H,5H2,1-4H3,(H,17,18)(H,19,20)/t12-/m0/s1. The highest BCUT2D eigenvalue weighted by atomic mass is 19.1. The monoisotopic (exact) mass is 281 g/mol. The molecule has 0 saturated heterocycles. The van der Waals surface area contributed by atoms with Gasteiger partial charge in [-0.1, -0.05) is 13.8 Å². The van der Waals surface area contributed by atoms with Crippen LogP contribution >= 0.6 is 0 Å². The van der Waals surface area contributed by atoms with E-state index in [-0.39, 0.29) is 17.3 Å². The lowest BCUT2D eigenvalue weighted by Crippen LogP contribution is -2.41. The van der Waals surface area contributed by atoms with Gasteiger partial charge in [-0.3, -0.25) is 4.79 Å². The normalized spacial score (nSPS) is 12.3. The van der Waals surface area contributed by atoms with Gasteiger partial charge >= 0.3 is 5.97 Å². The van der Waals surface area contributed by atoms with Crippen molar-refractivity contribution >= 4 is 11.9 Å². The molecule has 0 spiro atoms. The van der Waals surface area contributed by atoms with E-state index >= 15 is 0 Å². The number of aryl methyl sites for hydroxylation is 2. The second kappa shape index (κ2) is 6.50. The summed E-state index contributed by atoms with van der Waals surface area (Å²) in [5.74, 6) is -1.77. The number of aliphatic carboxylic acids is 1. The summed E-state index contributed by atoms with van der Waals surface area (Å²) < 4.78 is 13.5. The van der Waals surface area contributed by atoms with Crippen LogP contribution in [-0.4, -0.2) is 23.0 Å². The summed E-state index contributed by atoms with van der Waals surface area (Å²) in [5.41, 5.74) is 1.01. The average molecular weight is 281 g/mol. The van der Waals surface area contributed by atoms with Crippen LogP contribution in [0.5, 0.6) is 0 Å². The number of carbonyl (C=O) groups excluding carboxylic acids is 1. The van der Waals surface area contributed by atoms with Crippen molar-refractivity contribution in [3.05, 3.63) is 34.6 Å². The van der Waals surface area contributed by atoms with Gasteiger partial charge in [0.25, 0.3) is 5.91 Å². The minimum absolute atomic E-state index is 0.146. The topological polar surface area (TPSA) is 66.4 Å². The van der Waals surface area contributed by atoms with Crippen LogP contribution in [-0.2, 0) is 4.79 Å². The summed E-state index contributed by atoms with van der Waals surface area (Å²) in [6.07, 6.45) is 0.347. The predicted molar refractivity (Wildman–Crippen MR) is 74.2 cm³/mol. The Morgan fingerprint density at radius 2 is 1.75 bits per heavy atom. The highest BCUT2D eigenvalue weighted by molar-refractivity contribution is 5.96. The van der Waals surface area contributed by atoms with Crippen molar-refractivity contribution in [2.45, 2.75) is 40.2 Å². The molecule has 1 aromatic rings. The van der Waals surface area contributed by atoms with Crippen LogP contribution in [0.15, 0.2) is 12.1 Å². The summed E-state index contributed by atoms with van der Waals surface area (Å²) in [6.45, 7) is 6.91. The molecular weight excluding hydrogens is 261 g/mol. The molecule has 20 heavy (non-hydrogen) atoms. The molecule has 0 aliphatic heterocycles. The molecule has 110 valence electrons. The Morgan fingerprint density at radius 3 is 2.15 bits per heavy atom. The van der Waals surface area contributed by atoms with Gasteiger partial charge in [0.05, 0.1) is 0 Å². The predicted octanol–water partition coefficient (Wildman–Crippen LogP) is 2.67. The van der Waals surface area contributed by atoms with E-state index < -0.39 is 17.9 Å². The fraction of sp³-hybridized carbons (Fsp3) is 0.467. The van der Waals surface area contributed by atoms with E-state index in [1.165, 1.54) is 12.1 Å². The SMILES string of the molecule is Cc1cc(C(=O)N[C@@H](CC(C)C)C(=O)O)cc(C)c1F. The zero-order valence-corrected chi connectivity index (χ0v) is 12.2. The van der Waals surface area contributed by atoms with Crippen molar-refractivity contribution in [2.75, 3.05) is 0 Å². The first-order valence-corrected chi connectivity index (χ1v) is 6.52. The maximum atomic E-state index is 13.5. The average Bonchev–Trinajstić information content (AvgIpc) is 2.33. The van der Waals surface area contributed by atoms with Crippen molar-refractivity contribution in [1.82, 2.24) is 5.32 Å². The van der Waals surface area contributed by atoms with Crippen molar-refractivity contribution in [2.24, 2.45) is 5.92 Å². The Kier molecular flexibility index (Phi) is 5.25. The molecule has 0 unspecified atom stereocenters. The molecule has 0 aliphatic rings. The van der Waals surface area contributed by atoms with Crippen LogP contribution in [0.4, 0.5) is 4.39 Å². The summed E-state index contributed by atoms with van der Waals surface area (Å²) in [6, 6.07) is 1.91. The fourth-order valence-corrected chi connectivity index (χ4v) is 2.01. The molecular formula is C15H20FNO3. The number of rotatable bonds is 5. The largest absolute Gasteiger partial charge is 0.480 e. The molecule has 4 nitrogen and oxygen atoms in total. The zero-order valence-electron chi connectivity index (χ0n) is 12.2. The number of carbonyl (C=O) groups is 2. The van der Waals surface area contributed by atoms with E-state index in [1.54, 1.807) is 13.8 Å². The van der Waals surface area contributed by atoms with E-state index in [2.05, 4.69) is 5.32 Å². The molecule has 5 heteroatoms. The minimum Gasteiger partial charge on any atom is -0.480 e. The molecule has 0 fully saturated rings. The van der Waals surface area contributed by atoms with E-state index in [9.17, 15) is 14.0 Å². The molecule has 0 heterocycles. The number of hydrogen-bond acceptors (Lipinski definition) is 2. The second-order valence-electron chi connectivity index (χ2n) is 5.42. The number of carboxylic acids is 1. The van der Waals surface area contributed by atoms with Gasteiger partial charge in [-0.2, -0.15) is 0 Å². The molecule has 1 atom stereocenters. The van der Waals surface area contributed by atoms with Crippen molar-refractivity contribution in [3.63, 3.8) is 0 Å². The van der Waals surface area contributed by atoms with Crippen LogP contribution in [0.25, 0.3) is 0 Å². The zero-order chi connectivity index (χ0) is 15.4. The van der Waals surface area contributed by atoms with Gasteiger partial charge < -0.3 is 10.4 Å². The number of hydrogen-bond donors (Lipinski definition) is 2. The number of carboxylic acid groups (broad SMARTS) is 1. The highest BCUT2D eigenvalue weighted by Crippen LogP contribution is 2.15. The van der Waals surface area contributed by atoms with Gasteiger partial charge in [0.1, 0.15) is 11.9 Å². The second-order valence-corrected chi connectivity index (χ2v) is 5.42. The third-order valence-corrected chi connectivity index (χ3v) is 3.01. The van der Waals surface area contributed by atoms with Gasteiger partial charge in [0, 0.05) is 5.56 Å². The van der Waals surface area contributed by atoms with E-state index in [0.717, 1.165) is 0 Å². The van der Waals surface area contributed by atoms with Crippen molar-refractivity contribution in [3.8, 4) is 0 Å². The maximum absolute atomic E-state index is 13.5. The van der Waals surface area contributed by atoms with Gasteiger partial charge in [-0.15, -0.1) is 0 Å². The van der Waals surface area contributed by atoms with Crippen molar-refractivity contribution in [1.29, 1.82) is 0 Å². The lowest BCUT2D eigenvalue weighted by Gasteiger charge is -2.17. The molecule has 1 amide bonds. The van der Waals surface area contributed by atoms with Crippen LogP contribution in [0.3, 0.4) is 0 Å². The van der Waals surface area contributed by atoms with Crippen LogP contribution in [0.1, 0.15) is 41.8 Å². The Morgan fingerprint density at radius 1 is 1.25 bits per heavy atom. The van der Waals surface area contributed by atoms with Gasteiger partial charge in [0.15, 0.2) is 0 Å². The van der Waals surface area contributed by atoms with Gasteiger partial charge in [0.2, 0.25) is 0 Å². The molecule has 0 bridgehead atoms. The van der Waals surface area contributed by atoms with Gasteiger partial charge in [-0.05, 0) is 49.4 Å². The van der Waals surface area contributed by atoms with Crippen LogP contribution in [0.2, 0.25) is 0 Å². The Labute approximate surface area is 118 Å². The molecule has 0 aliphatic carbocycles. The highest BCUT2D eigenvalue weighted by Gasteiger charge is 2.22. The van der Waals surface area contributed by atoms with Crippen molar-refractivity contribution < 1.29 is 19.1 Å². The summed E-state index contributed by atoms with van der Waals surface area (Å²) in [5, 5.41) is 11.6. The lowest BCUT2D eigenvalue weighted by atomic mass is 10.0. The molecule has 1 rings (SSSR count). The number of nitrogens with one attached hydrogen (secondary N) is 1. The Bertz CT molecular complexity index is 503. The first-order valence-electron chi connectivity index (χ1n) is 6.52. The molecule has 0 radical (unpaired) electrons. The quantitative estimate of drug-likeness (QED) is 0.872. The van der Waals surface area contributed by atoms with E-state index in [1.807, 2.05) is 13.8 Å². The van der Waals surface area contributed by atoms with E-state index in [4.69, 9.17) is 5.11 Å². The van der Waals surface area contributed by atoms with Gasteiger partial charge in [-0.25, -0.2) is 9.18 Å². The van der Waals surface area contributed by atoms with E-state index in [0.29, 0.717) is 17.5 Å². The smallest absolute Gasteiger partial charge is 0.326 e. The van der Waals surface area contributed by atoms with Crippen LogP contribution in [0, 0.1) is 25.6 Å². The number of amides is 1. The van der Waals surface area contributed by atoms with Crippen LogP contribution < -0.4 is 5.32 Å². The maximum Gasteiger partial charge on any atom is 0.326 e. The fourth-order valence-electron chi connectivity index (χ4n) is 2.01. The molecule has 2 N–H and O–H groups in total. The first-order chi connectivity index (χ1) is 9.22. The third-order valence-electron chi connectivity index (χ3n) is 3.01. The minimum atomic E-state index is -1.07. The Hall–Kier alpha value is -1.91. The third kappa shape index (κ3) is 4.05.